The third kappa shape index (κ3) is 2.67. The molecule has 1 saturated heterocycles. The van der Waals surface area contributed by atoms with Crippen LogP contribution in [0.1, 0.15) is 18.0 Å². The molecule has 2 aromatic rings. The van der Waals surface area contributed by atoms with Gasteiger partial charge in [0.05, 0.1) is 13.2 Å². The van der Waals surface area contributed by atoms with Crippen LogP contribution in [0.3, 0.4) is 0 Å². The smallest absolute Gasteiger partial charge is 0.322 e. The summed E-state index contributed by atoms with van der Waals surface area (Å²) in [5, 5.41) is 2.86. The Balaban J connectivity index is 1.71. The Morgan fingerprint density at radius 2 is 2.10 bits per heavy atom. The number of amides is 2. The van der Waals surface area contributed by atoms with Crippen molar-refractivity contribution in [2.24, 2.45) is 0 Å². The van der Waals surface area contributed by atoms with Crippen LogP contribution >= 0.6 is 0 Å². The van der Waals surface area contributed by atoms with Gasteiger partial charge in [0, 0.05) is 12.7 Å². The summed E-state index contributed by atoms with van der Waals surface area (Å²) >= 11 is 0. The zero-order valence-electron chi connectivity index (χ0n) is 11.8. The van der Waals surface area contributed by atoms with E-state index in [-0.39, 0.29) is 12.1 Å². The van der Waals surface area contributed by atoms with E-state index in [2.05, 4.69) is 22.4 Å². The fraction of sp³-hybridized carbons (Fsp3) is 0.250. The number of nitrogens with zero attached hydrogens (tertiary/aromatic N) is 2. The molecule has 5 nitrogen and oxygen atoms in total. The van der Waals surface area contributed by atoms with Gasteiger partial charge < -0.3 is 15.0 Å². The summed E-state index contributed by atoms with van der Waals surface area (Å²) < 4.78 is 5.14. The summed E-state index contributed by atoms with van der Waals surface area (Å²) in [6.07, 6.45) is 2.62. The van der Waals surface area contributed by atoms with Gasteiger partial charge in [-0.1, -0.05) is 30.3 Å². The topological polar surface area (TPSA) is 54.5 Å². The number of methoxy groups -OCH3 is 1. The number of nitrogens with one attached hydrogen (secondary N) is 1. The summed E-state index contributed by atoms with van der Waals surface area (Å²) in [5.74, 6) is 0.419. The van der Waals surface area contributed by atoms with Gasteiger partial charge in [0.1, 0.15) is 5.69 Å². The first-order chi connectivity index (χ1) is 10.3. The van der Waals surface area contributed by atoms with E-state index >= 15 is 0 Å². The van der Waals surface area contributed by atoms with E-state index in [1.165, 1.54) is 7.11 Å². The Hall–Kier alpha value is -2.56. The fourth-order valence-corrected chi connectivity index (χ4v) is 2.49. The van der Waals surface area contributed by atoms with Crippen molar-refractivity contribution in [3.63, 3.8) is 0 Å². The molecule has 3 rings (SSSR count). The molecular formula is C16H17N3O2. The second-order valence-corrected chi connectivity index (χ2v) is 4.90. The van der Waals surface area contributed by atoms with Crippen LogP contribution in [0.5, 0.6) is 5.88 Å². The number of ether oxygens (including phenoxy) is 1. The van der Waals surface area contributed by atoms with Crippen LogP contribution in [0.2, 0.25) is 0 Å². The van der Waals surface area contributed by atoms with E-state index in [1.807, 2.05) is 23.1 Å². The molecule has 21 heavy (non-hydrogen) atoms. The lowest BCUT2D eigenvalue weighted by atomic mass is 9.95. The first-order valence-electron chi connectivity index (χ1n) is 6.91. The maximum Gasteiger partial charge on any atom is 0.322 e. The summed E-state index contributed by atoms with van der Waals surface area (Å²) in [4.78, 5) is 18.3. The lowest BCUT2D eigenvalue weighted by molar-refractivity contribution is 0.126. The highest BCUT2D eigenvalue weighted by Crippen LogP contribution is 2.34. The zero-order valence-corrected chi connectivity index (χ0v) is 11.8. The predicted molar refractivity (Wildman–Crippen MR) is 80.3 cm³/mol. The predicted octanol–water partition coefficient (Wildman–Crippen LogP) is 3.07. The van der Waals surface area contributed by atoms with Crippen molar-refractivity contribution in [2.45, 2.75) is 12.5 Å². The summed E-state index contributed by atoms with van der Waals surface area (Å²) in [5.41, 5.74) is 1.75. The minimum atomic E-state index is -0.124. The molecule has 0 saturated carbocycles. The third-order valence-corrected chi connectivity index (χ3v) is 3.67. The van der Waals surface area contributed by atoms with Crippen LogP contribution in [0.15, 0.2) is 48.7 Å². The summed E-state index contributed by atoms with van der Waals surface area (Å²) in [7, 11) is 1.54. The molecule has 0 radical (unpaired) electrons. The van der Waals surface area contributed by atoms with Crippen molar-refractivity contribution >= 4 is 11.7 Å². The Morgan fingerprint density at radius 1 is 1.29 bits per heavy atom. The monoisotopic (exact) mass is 283 g/mol. The molecular weight excluding hydrogens is 266 g/mol. The highest BCUT2D eigenvalue weighted by molar-refractivity contribution is 5.91. The molecule has 1 aliphatic heterocycles. The van der Waals surface area contributed by atoms with Crippen LogP contribution in [-0.4, -0.2) is 29.6 Å². The SMILES string of the molecule is COc1ncccc1NC(=O)N1CC[C@H]1c1ccccc1. The van der Waals surface area contributed by atoms with E-state index in [0.29, 0.717) is 11.6 Å². The lowest BCUT2D eigenvalue weighted by Crippen LogP contribution is -2.47. The molecule has 1 fully saturated rings. The summed E-state index contributed by atoms with van der Waals surface area (Å²) in [6, 6.07) is 13.6. The van der Waals surface area contributed by atoms with Crippen LogP contribution < -0.4 is 10.1 Å². The van der Waals surface area contributed by atoms with E-state index in [9.17, 15) is 4.79 Å². The molecule has 2 heterocycles. The second-order valence-electron chi connectivity index (χ2n) is 4.90. The van der Waals surface area contributed by atoms with Crippen molar-refractivity contribution in [2.75, 3.05) is 19.0 Å². The van der Waals surface area contributed by atoms with Gasteiger partial charge in [-0.05, 0) is 24.1 Å². The van der Waals surface area contributed by atoms with Gasteiger partial charge in [-0.15, -0.1) is 0 Å². The average molecular weight is 283 g/mol. The molecule has 1 aromatic carbocycles. The van der Waals surface area contributed by atoms with Crippen LogP contribution in [0, 0.1) is 0 Å². The van der Waals surface area contributed by atoms with Crippen molar-refractivity contribution < 1.29 is 9.53 Å². The van der Waals surface area contributed by atoms with Crippen molar-refractivity contribution in [3.8, 4) is 5.88 Å². The maximum atomic E-state index is 12.4. The standard InChI is InChI=1S/C16H17N3O2/c1-21-15-13(8-5-10-17-15)18-16(20)19-11-9-14(19)12-6-3-2-4-7-12/h2-8,10,14H,9,11H2,1H3,(H,18,20)/t14-/m0/s1. The molecule has 108 valence electrons. The minimum Gasteiger partial charge on any atom is -0.480 e. The Bertz CT molecular complexity index is 630. The molecule has 1 aliphatic rings. The van der Waals surface area contributed by atoms with Gasteiger partial charge in [0.25, 0.3) is 0 Å². The van der Waals surface area contributed by atoms with Crippen molar-refractivity contribution in [3.05, 3.63) is 54.2 Å². The molecule has 1 aromatic heterocycles. The minimum absolute atomic E-state index is 0.124. The highest BCUT2D eigenvalue weighted by atomic mass is 16.5. The molecule has 1 N–H and O–H groups in total. The first kappa shape index (κ1) is 13.4. The third-order valence-electron chi connectivity index (χ3n) is 3.67. The number of hydrogen-bond donors (Lipinski definition) is 1. The van der Waals surface area contributed by atoms with Crippen LogP contribution in [-0.2, 0) is 0 Å². The van der Waals surface area contributed by atoms with Gasteiger partial charge in [0.15, 0.2) is 0 Å². The lowest BCUT2D eigenvalue weighted by Gasteiger charge is -2.41. The van der Waals surface area contributed by atoms with Gasteiger partial charge in [-0.2, -0.15) is 0 Å². The van der Waals surface area contributed by atoms with Gasteiger partial charge in [0.2, 0.25) is 5.88 Å². The van der Waals surface area contributed by atoms with Gasteiger partial charge in [-0.25, -0.2) is 9.78 Å². The number of urea groups is 1. The number of rotatable bonds is 3. The molecule has 0 bridgehead atoms. The number of carbonyl (C=O) groups is 1. The highest BCUT2D eigenvalue weighted by Gasteiger charge is 2.33. The normalized spacial score (nSPS) is 17.0. The number of likely N-dealkylation sites (tertiary alicyclic amines) is 1. The Morgan fingerprint density at radius 3 is 2.76 bits per heavy atom. The molecule has 0 aliphatic carbocycles. The molecule has 1 atom stereocenters. The molecule has 0 spiro atoms. The second kappa shape index (κ2) is 5.83. The van der Waals surface area contributed by atoms with E-state index < -0.39 is 0 Å². The quantitative estimate of drug-likeness (QED) is 0.941. The zero-order chi connectivity index (χ0) is 14.7. The summed E-state index contributed by atoms with van der Waals surface area (Å²) in [6.45, 7) is 0.758. The number of pyridine rings is 1. The van der Waals surface area contributed by atoms with E-state index in [1.54, 1.807) is 18.3 Å². The number of aromatic nitrogens is 1. The number of carbonyl (C=O) groups excluding carboxylic acids is 1. The molecule has 2 amide bonds. The van der Waals surface area contributed by atoms with E-state index in [4.69, 9.17) is 4.74 Å². The average Bonchev–Trinajstić information content (AvgIpc) is 2.47. The van der Waals surface area contributed by atoms with Crippen molar-refractivity contribution in [1.29, 1.82) is 0 Å². The first-order valence-corrected chi connectivity index (χ1v) is 6.91. The Kier molecular flexibility index (Phi) is 3.73. The Labute approximate surface area is 123 Å². The van der Waals surface area contributed by atoms with Crippen LogP contribution in [0.4, 0.5) is 10.5 Å². The number of benzene rings is 1. The fourth-order valence-electron chi connectivity index (χ4n) is 2.49. The largest absolute Gasteiger partial charge is 0.480 e. The maximum absolute atomic E-state index is 12.4. The molecule has 0 unspecified atom stereocenters. The number of hydrogen-bond acceptors (Lipinski definition) is 3. The van der Waals surface area contributed by atoms with Crippen LogP contribution in [0.25, 0.3) is 0 Å². The van der Waals surface area contributed by atoms with Crippen molar-refractivity contribution in [1.82, 2.24) is 9.88 Å². The van der Waals surface area contributed by atoms with Gasteiger partial charge in [-0.3, -0.25) is 0 Å². The van der Waals surface area contributed by atoms with E-state index in [0.717, 1.165) is 18.5 Å². The van der Waals surface area contributed by atoms with Gasteiger partial charge >= 0.3 is 6.03 Å². The molecule has 5 heteroatoms. The number of anilines is 1.